The minimum Gasteiger partial charge on any atom is -0.364 e. The standard InChI is InChI=1S/C17H21N7O2/c1-2-13-16(26)20-12-9-19-17(23-8-7-11(22-23)14(18)25)21-15(12)24(13)10-5-3-4-6-10/h7-10,13H,2-6H2,1H3,(H2,18,25)(H,20,26)/t13-/m1/s1. The van der Waals surface area contributed by atoms with Gasteiger partial charge in [0.15, 0.2) is 5.82 Å². The highest BCUT2D eigenvalue weighted by atomic mass is 16.2. The van der Waals surface area contributed by atoms with Gasteiger partial charge in [-0.3, -0.25) is 9.59 Å². The monoisotopic (exact) mass is 355 g/mol. The molecule has 1 atom stereocenters. The van der Waals surface area contributed by atoms with Crippen molar-refractivity contribution in [2.75, 3.05) is 10.2 Å². The van der Waals surface area contributed by atoms with Gasteiger partial charge < -0.3 is 16.0 Å². The van der Waals surface area contributed by atoms with Crippen LogP contribution in [-0.4, -0.2) is 43.6 Å². The molecule has 2 aromatic heterocycles. The maximum absolute atomic E-state index is 12.5. The van der Waals surface area contributed by atoms with Crippen LogP contribution in [0.25, 0.3) is 5.95 Å². The average Bonchev–Trinajstić information content (AvgIpc) is 3.32. The van der Waals surface area contributed by atoms with Crippen LogP contribution < -0.4 is 16.0 Å². The quantitative estimate of drug-likeness (QED) is 0.852. The van der Waals surface area contributed by atoms with E-state index in [0.29, 0.717) is 29.9 Å². The van der Waals surface area contributed by atoms with Gasteiger partial charge in [0, 0.05) is 12.2 Å². The number of fused-ring (bicyclic) bond motifs is 1. The van der Waals surface area contributed by atoms with Crippen LogP contribution in [0.2, 0.25) is 0 Å². The summed E-state index contributed by atoms with van der Waals surface area (Å²) in [7, 11) is 0. The maximum Gasteiger partial charge on any atom is 0.269 e. The molecule has 4 rings (SSSR count). The Hall–Kier alpha value is -2.97. The smallest absolute Gasteiger partial charge is 0.269 e. The van der Waals surface area contributed by atoms with Crippen molar-refractivity contribution in [3.63, 3.8) is 0 Å². The second-order valence-corrected chi connectivity index (χ2v) is 6.68. The van der Waals surface area contributed by atoms with Crippen LogP contribution in [0, 0.1) is 0 Å². The Morgan fingerprint density at radius 1 is 1.38 bits per heavy atom. The third-order valence-electron chi connectivity index (χ3n) is 5.05. The zero-order valence-electron chi connectivity index (χ0n) is 14.6. The van der Waals surface area contributed by atoms with E-state index >= 15 is 0 Å². The molecule has 2 aliphatic rings. The van der Waals surface area contributed by atoms with Gasteiger partial charge in [-0.05, 0) is 25.3 Å². The number of primary amides is 1. The van der Waals surface area contributed by atoms with Gasteiger partial charge in [-0.25, -0.2) is 9.67 Å². The molecule has 3 heterocycles. The molecule has 2 aromatic rings. The van der Waals surface area contributed by atoms with Crippen LogP contribution in [0.4, 0.5) is 11.5 Å². The van der Waals surface area contributed by atoms with Gasteiger partial charge in [-0.1, -0.05) is 19.8 Å². The first-order valence-corrected chi connectivity index (χ1v) is 8.90. The summed E-state index contributed by atoms with van der Waals surface area (Å²) in [5, 5.41) is 7.02. The van der Waals surface area contributed by atoms with Crippen LogP contribution in [0.15, 0.2) is 18.5 Å². The summed E-state index contributed by atoms with van der Waals surface area (Å²) in [5.74, 6) is 0.431. The van der Waals surface area contributed by atoms with Gasteiger partial charge in [-0.15, -0.1) is 0 Å². The summed E-state index contributed by atoms with van der Waals surface area (Å²) >= 11 is 0. The topological polar surface area (TPSA) is 119 Å². The van der Waals surface area contributed by atoms with Gasteiger partial charge in [0.2, 0.25) is 5.91 Å². The lowest BCUT2D eigenvalue weighted by Crippen LogP contribution is -2.52. The number of nitrogens with two attached hydrogens (primary N) is 1. The highest BCUT2D eigenvalue weighted by Gasteiger charge is 2.38. The molecule has 1 fully saturated rings. The van der Waals surface area contributed by atoms with E-state index < -0.39 is 5.91 Å². The minimum absolute atomic E-state index is 0.0154. The number of hydrogen-bond acceptors (Lipinski definition) is 6. The van der Waals surface area contributed by atoms with Crippen molar-refractivity contribution in [2.45, 2.75) is 51.1 Å². The lowest BCUT2D eigenvalue weighted by atomic mass is 10.0. The van der Waals surface area contributed by atoms with E-state index in [1.54, 1.807) is 12.4 Å². The summed E-state index contributed by atoms with van der Waals surface area (Å²) in [6.07, 6.45) is 8.32. The first-order chi connectivity index (χ1) is 12.6. The van der Waals surface area contributed by atoms with Gasteiger partial charge in [0.25, 0.3) is 11.9 Å². The van der Waals surface area contributed by atoms with Crippen molar-refractivity contribution < 1.29 is 9.59 Å². The van der Waals surface area contributed by atoms with E-state index in [-0.39, 0.29) is 17.6 Å². The molecule has 9 nitrogen and oxygen atoms in total. The molecule has 1 aliphatic heterocycles. The van der Waals surface area contributed by atoms with Crippen LogP contribution in [0.5, 0.6) is 0 Å². The van der Waals surface area contributed by atoms with E-state index in [9.17, 15) is 9.59 Å². The fraction of sp³-hybridized carbons (Fsp3) is 0.471. The number of hydrogen-bond donors (Lipinski definition) is 2. The zero-order valence-corrected chi connectivity index (χ0v) is 14.6. The maximum atomic E-state index is 12.5. The van der Waals surface area contributed by atoms with E-state index in [0.717, 1.165) is 25.7 Å². The molecule has 0 spiro atoms. The molecule has 2 amide bonds. The second kappa shape index (κ2) is 6.40. The minimum atomic E-state index is -0.604. The third kappa shape index (κ3) is 2.69. The molecule has 0 bridgehead atoms. The number of rotatable bonds is 4. The Labute approximate surface area is 150 Å². The van der Waals surface area contributed by atoms with E-state index in [1.807, 2.05) is 6.92 Å². The summed E-state index contributed by atoms with van der Waals surface area (Å²) < 4.78 is 1.42. The van der Waals surface area contributed by atoms with Crippen molar-refractivity contribution in [1.82, 2.24) is 19.7 Å². The van der Waals surface area contributed by atoms with Crippen LogP contribution in [-0.2, 0) is 4.79 Å². The van der Waals surface area contributed by atoms with Crippen molar-refractivity contribution in [1.29, 1.82) is 0 Å². The Balaban J connectivity index is 1.77. The van der Waals surface area contributed by atoms with Gasteiger partial charge in [0.1, 0.15) is 17.4 Å². The Morgan fingerprint density at radius 3 is 2.81 bits per heavy atom. The molecule has 26 heavy (non-hydrogen) atoms. The third-order valence-corrected chi connectivity index (χ3v) is 5.05. The van der Waals surface area contributed by atoms with Crippen molar-refractivity contribution >= 4 is 23.3 Å². The van der Waals surface area contributed by atoms with Gasteiger partial charge in [0.05, 0.1) is 6.20 Å². The average molecular weight is 355 g/mol. The number of carbonyl (C=O) groups is 2. The first kappa shape index (κ1) is 16.5. The summed E-state index contributed by atoms with van der Waals surface area (Å²) in [4.78, 5) is 34.9. The van der Waals surface area contributed by atoms with E-state index in [2.05, 4.69) is 25.3 Å². The lowest BCUT2D eigenvalue weighted by Gasteiger charge is -2.40. The Morgan fingerprint density at radius 2 is 2.15 bits per heavy atom. The molecular weight excluding hydrogens is 334 g/mol. The lowest BCUT2D eigenvalue weighted by molar-refractivity contribution is -0.117. The fourth-order valence-corrected chi connectivity index (χ4v) is 3.81. The van der Waals surface area contributed by atoms with Crippen LogP contribution >= 0.6 is 0 Å². The SMILES string of the molecule is CC[C@@H]1C(=O)Nc2cnc(-n3ccc(C(N)=O)n3)nc2N1C1CCCC1. The summed E-state index contributed by atoms with van der Waals surface area (Å²) in [6, 6.07) is 1.58. The van der Waals surface area contributed by atoms with Gasteiger partial charge in [-0.2, -0.15) is 10.1 Å². The first-order valence-electron chi connectivity index (χ1n) is 8.90. The van der Waals surface area contributed by atoms with Crippen molar-refractivity contribution in [3.8, 4) is 5.95 Å². The molecule has 136 valence electrons. The van der Waals surface area contributed by atoms with Crippen LogP contribution in [0.1, 0.15) is 49.5 Å². The highest BCUT2D eigenvalue weighted by Crippen LogP contribution is 2.37. The number of nitrogens with one attached hydrogen (secondary N) is 1. The molecule has 9 heteroatoms. The molecule has 1 aliphatic carbocycles. The van der Waals surface area contributed by atoms with E-state index in [4.69, 9.17) is 5.73 Å². The molecule has 0 aromatic carbocycles. The molecule has 1 saturated carbocycles. The van der Waals surface area contributed by atoms with Crippen molar-refractivity contribution in [3.05, 3.63) is 24.2 Å². The molecular formula is C17H21N7O2. The predicted molar refractivity (Wildman–Crippen MR) is 95.1 cm³/mol. The van der Waals surface area contributed by atoms with Crippen molar-refractivity contribution in [2.24, 2.45) is 5.73 Å². The fourth-order valence-electron chi connectivity index (χ4n) is 3.81. The number of carbonyl (C=O) groups excluding carboxylic acids is 2. The van der Waals surface area contributed by atoms with Gasteiger partial charge >= 0.3 is 0 Å². The van der Waals surface area contributed by atoms with Crippen LogP contribution in [0.3, 0.4) is 0 Å². The number of nitrogens with zero attached hydrogens (tertiary/aromatic N) is 5. The molecule has 0 unspecified atom stereocenters. The Kier molecular flexibility index (Phi) is 4.06. The Bertz CT molecular complexity index is 857. The normalized spacial score (nSPS) is 20.1. The zero-order chi connectivity index (χ0) is 18.3. The summed E-state index contributed by atoms with van der Waals surface area (Å²) in [6.45, 7) is 2.01. The number of aromatic nitrogens is 4. The highest BCUT2D eigenvalue weighted by molar-refractivity contribution is 6.02. The second-order valence-electron chi connectivity index (χ2n) is 6.68. The number of amides is 2. The largest absolute Gasteiger partial charge is 0.364 e. The molecule has 0 saturated heterocycles. The molecule has 3 N–H and O–H groups in total. The van der Waals surface area contributed by atoms with E-state index in [1.165, 1.54) is 10.7 Å². The molecule has 0 radical (unpaired) electrons. The predicted octanol–water partition coefficient (Wildman–Crippen LogP) is 1.24. The number of anilines is 2. The summed E-state index contributed by atoms with van der Waals surface area (Å²) in [5.41, 5.74) is 6.02.